The van der Waals surface area contributed by atoms with Crippen LogP contribution in [0.1, 0.15) is 15.2 Å². The molecule has 0 radical (unpaired) electrons. The van der Waals surface area contributed by atoms with E-state index in [1.165, 1.54) is 11.3 Å². The van der Waals surface area contributed by atoms with E-state index in [1.807, 2.05) is 53.9 Å². The molecule has 0 atom stereocenters. The maximum Gasteiger partial charge on any atom is 0.261 e. The Labute approximate surface area is 217 Å². The Morgan fingerprint density at radius 1 is 0.971 bits per heavy atom. The van der Waals surface area contributed by atoms with Gasteiger partial charge in [-0.25, -0.2) is 0 Å². The number of nitrogens with one attached hydrogen (secondary N) is 1. The first-order valence-electron chi connectivity index (χ1n) is 10.9. The van der Waals surface area contributed by atoms with Crippen LogP contribution >= 0.6 is 36.2 Å². The number of hydrogen-bond donors (Lipinski definition) is 1. The summed E-state index contributed by atoms with van der Waals surface area (Å²) in [5.74, 6) is 1.76. The first-order chi connectivity index (χ1) is 15.7. The molecule has 0 aliphatic carbocycles. The van der Waals surface area contributed by atoms with Gasteiger partial charge in [0.2, 0.25) is 0 Å². The number of anilines is 1. The summed E-state index contributed by atoms with van der Waals surface area (Å²) in [5.41, 5.74) is 2.24. The van der Waals surface area contributed by atoms with Crippen molar-refractivity contribution in [1.82, 2.24) is 10.2 Å². The van der Waals surface area contributed by atoms with Crippen molar-refractivity contribution in [2.45, 2.75) is 6.61 Å². The average molecular weight is 525 g/mol. The molecule has 34 heavy (non-hydrogen) atoms. The van der Waals surface area contributed by atoms with Crippen LogP contribution in [0.5, 0.6) is 11.5 Å². The van der Waals surface area contributed by atoms with Crippen LogP contribution in [0.3, 0.4) is 0 Å². The number of rotatable bonds is 9. The van der Waals surface area contributed by atoms with Gasteiger partial charge in [-0.2, -0.15) is 0 Å². The molecule has 2 heterocycles. The van der Waals surface area contributed by atoms with Crippen LogP contribution in [0.25, 0.3) is 0 Å². The lowest BCUT2D eigenvalue weighted by atomic mass is 10.2. The Balaban J connectivity index is 0.00000204. The predicted octanol–water partition coefficient (Wildman–Crippen LogP) is 4.73. The first kappa shape index (κ1) is 27.8. The number of benzene rings is 2. The summed E-state index contributed by atoms with van der Waals surface area (Å²) in [4.78, 5) is 17.6. The monoisotopic (exact) mass is 523 g/mol. The summed E-state index contributed by atoms with van der Waals surface area (Å²) in [6, 6.07) is 19.9. The van der Waals surface area contributed by atoms with Gasteiger partial charge in [-0.1, -0.05) is 30.3 Å². The maximum absolute atomic E-state index is 12.1. The molecule has 1 aliphatic heterocycles. The highest BCUT2D eigenvalue weighted by Gasteiger charge is 2.19. The summed E-state index contributed by atoms with van der Waals surface area (Å²) < 4.78 is 11.4. The summed E-state index contributed by atoms with van der Waals surface area (Å²) in [5, 5.41) is 4.94. The van der Waals surface area contributed by atoms with Crippen LogP contribution in [0.4, 0.5) is 5.69 Å². The first-order valence-corrected chi connectivity index (χ1v) is 11.7. The Hall–Kier alpha value is -2.45. The van der Waals surface area contributed by atoms with Gasteiger partial charge in [0.1, 0.15) is 18.1 Å². The van der Waals surface area contributed by atoms with Crippen LogP contribution in [-0.2, 0) is 6.61 Å². The third-order valence-corrected chi connectivity index (χ3v) is 6.46. The molecule has 1 saturated heterocycles. The summed E-state index contributed by atoms with van der Waals surface area (Å²) in [6.07, 6.45) is 0. The van der Waals surface area contributed by atoms with Crippen molar-refractivity contribution in [2.24, 2.45) is 0 Å². The molecule has 4 rings (SSSR count). The number of hydrogen-bond acceptors (Lipinski definition) is 6. The van der Waals surface area contributed by atoms with Crippen LogP contribution in [0.2, 0.25) is 0 Å². The molecule has 2 aromatic carbocycles. The molecule has 0 saturated carbocycles. The molecule has 1 fully saturated rings. The van der Waals surface area contributed by atoms with Gasteiger partial charge < -0.3 is 19.7 Å². The minimum atomic E-state index is 0. The van der Waals surface area contributed by atoms with E-state index in [0.717, 1.165) is 60.4 Å². The minimum absolute atomic E-state index is 0. The highest BCUT2D eigenvalue weighted by Crippen LogP contribution is 2.29. The van der Waals surface area contributed by atoms with Gasteiger partial charge in [0, 0.05) is 39.3 Å². The third kappa shape index (κ3) is 7.53. The van der Waals surface area contributed by atoms with E-state index in [1.54, 1.807) is 7.11 Å². The number of para-hydroxylation sites is 2. The van der Waals surface area contributed by atoms with E-state index in [2.05, 4.69) is 27.2 Å². The Kier molecular flexibility index (Phi) is 11.5. The standard InChI is InChI=1S/C25H29N3O3S.2ClH/c1-30-21-10-8-20(9-11-21)19-31-23-6-3-2-5-22(23)28-16-14-27(15-17-28)13-12-26-25(29)24-7-4-18-32-24;;/h2-11,18H,12-17,19H2,1H3,(H,26,29);2*1H. The molecule has 0 spiro atoms. The van der Waals surface area contributed by atoms with E-state index in [9.17, 15) is 4.79 Å². The lowest BCUT2D eigenvalue weighted by Gasteiger charge is -2.36. The van der Waals surface area contributed by atoms with E-state index < -0.39 is 0 Å². The predicted molar refractivity (Wildman–Crippen MR) is 144 cm³/mol. The Bertz CT molecular complexity index is 995. The zero-order chi connectivity index (χ0) is 22.2. The van der Waals surface area contributed by atoms with Crippen molar-refractivity contribution in [2.75, 3.05) is 51.3 Å². The Morgan fingerprint density at radius 3 is 2.38 bits per heavy atom. The highest BCUT2D eigenvalue weighted by molar-refractivity contribution is 7.12. The van der Waals surface area contributed by atoms with Crippen molar-refractivity contribution < 1.29 is 14.3 Å². The lowest BCUT2D eigenvalue weighted by molar-refractivity contribution is 0.0952. The molecule has 0 bridgehead atoms. The van der Waals surface area contributed by atoms with E-state index in [-0.39, 0.29) is 30.7 Å². The number of halogens is 2. The number of thiophene rings is 1. The van der Waals surface area contributed by atoms with E-state index >= 15 is 0 Å². The second-order valence-electron chi connectivity index (χ2n) is 7.67. The molecule has 0 unspecified atom stereocenters. The van der Waals surface area contributed by atoms with E-state index in [0.29, 0.717) is 13.2 Å². The summed E-state index contributed by atoms with van der Waals surface area (Å²) >= 11 is 1.47. The lowest BCUT2D eigenvalue weighted by Crippen LogP contribution is -2.48. The fourth-order valence-electron chi connectivity index (χ4n) is 3.76. The Morgan fingerprint density at radius 2 is 1.71 bits per heavy atom. The molecule has 9 heteroatoms. The number of carbonyl (C=O) groups is 1. The van der Waals surface area contributed by atoms with Crippen molar-refractivity contribution in [3.8, 4) is 11.5 Å². The number of ether oxygens (including phenoxy) is 2. The highest BCUT2D eigenvalue weighted by atomic mass is 35.5. The molecular formula is C25H31Cl2N3O3S. The minimum Gasteiger partial charge on any atom is -0.497 e. The van der Waals surface area contributed by atoms with Gasteiger partial charge in [0.25, 0.3) is 5.91 Å². The second kappa shape index (κ2) is 14.1. The largest absolute Gasteiger partial charge is 0.497 e. The van der Waals surface area contributed by atoms with Gasteiger partial charge >= 0.3 is 0 Å². The maximum atomic E-state index is 12.1. The van der Waals surface area contributed by atoms with Gasteiger partial charge in [-0.15, -0.1) is 36.2 Å². The number of methoxy groups -OCH3 is 1. The summed E-state index contributed by atoms with van der Waals surface area (Å²) in [6.45, 7) is 5.83. The van der Waals surface area contributed by atoms with Crippen LogP contribution < -0.4 is 19.7 Å². The molecular weight excluding hydrogens is 493 g/mol. The van der Waals surface area contributed by atoms with Crippen LogP contribution in [-0.4, -0.2) is 57.2 Å². The number of piperazine rings is 1. The van der Waals surface area contributed by atoms with Crippen molar-refractivity contribution in [3.05, 3.63) is 76.5 Å². The topological polar surface area (TPSA) is 54.0 Å². The fourth-order valence-corrected chi connectivity index (χ4v) is 4.40. The fraction of sp³-hybridized carbons (Fsp3) is 0.320. The van der Waals surface area contributed by atoms with Crippen LogP contribution in [0.15, 0.2) is 66.0 Å². The molecule has 6 nitrogen and oxygen atoms in total. The average Bonchev–Trinajstić information content (AvgIpc) is 3.39. The van der Waals surface area contributed by atoms with Gasteiger partial charge in [-0.3, -0.25) is 9.69 Å². The smallest absolute Gasteiger partial charge is 0.261 e. The number of carbonyl (C=O) groups excluding carboxylic acids is 1. The zero-order valence-electron chi connectivity index (χ0n) is 19.1. The van der Waals surface area contributed by atoms with Gasteiger partial charge in [0.05, 0.1) is 17.7 Å². The summed E-state index contributed by atoms with van der Waals surface area (Å²) in [7, 11) is 1.67. The van der Waals surface area contributed by atoms with Crippen LogP contribution in [0, 0.1) is 0 Å². The zero-order valence-corrected chi connectivity index (χ0v) is 21.6. The third-order valence-electron chi connectivity index (χ3n) is 5.59. The molecule has 1 aliphatic rings. The van der Waals surface area contributed by atoms with Crippen molar-refractivity contribution in [1.29, 1.82) is 0 Å². The normalized spacial score (nSPS) is 13.4. The van der Waals surface area contributed by atoms with Crippen molar-refractivity contribution >= 4 is 47.7 Å². The molecule has 3 aromatic rings. The van der Waals surface area contributed by atoms with E-state index in [4.69, 9.17) is 9.47 Å². The SMILES string of the molecule is COc1ccc(COc2ccccc2N2CCN(CCNC(=O)c3cccs3)CC2)cc1.Cl.Cl. The molecule has 1 N–H and O–H groups in total. The van der Waals surface area contributed by atoms with Gasteiger partial charge in [0.15, 0.2) is 0 Å². The quantitative estimate of drug-likeness (QED) is 0.439. The van der Waals surface area contributed by atoms with Gasteiger partial charge in [-0.05, 0) is 41.3 Å². The van der Waals surface area contributed by atoms with Crippen molar-refractivity contribution in [3.63, 3.8) is 0 Å². The molecule has 1 aromatic heterocycles. The second-order valence-corrected chi connectivity index (χ2v) is 8.61. The number of amides is 1. The number of nitrogens with zero attached hydrogens (tertiary/aromatic N) is 2. The molecule has 184 valence electrons. The molecule has 1 amide bonds.